The molecular weight excluding hydrogens is 450 g/mol. The van der Waals surface area contributed by atoms with Crippen molar-refractivity contribution in [1.29, 1.82) is 0 Å². The summed E-state index contributed by atoms with van der Waals surface area (Å²) in [4.78, 5) is 22.3. The van der Waals surface area contributed by atoms with Gasteiger partial charge in [-0.05, 0) is 31.8 Å². The fourth-order valence-electron chi connectivity index (χ4n) is 3.65. The minimum absolute atomic E-state index is 0. The lowest BCUT2D eigenvalue weighted by Crippen LogP contribution is -3.00. The predicted octanol–water partition coefficient (Wildman–Crippen LogP) is 1.98. The van der Waals surface area contributed by atoms with Crippen LogP contribution in [0.1, 0.15) is 43.6 Å². The molecule has 1 atom stereocenters. The zero-order valence-corrected chi connectivity index (χ0v) is 20.5. The molecule has 1 aliphatic rings. The van der Waals surface area contributed by atoms with E-state index in [9.17, 15) is 4.79 Å². The van der Waals surface area contributed by atoms with Crippen molar-refractivity contribution in [3.63, 3.8) is 0 Å². The van der Waals surface area contributed by atoms with Crippen LogP contribution in [0.2, 0.25) is 0 Å². The zero-order chi connectivity index (χ0) is 23.3. The average Bonchev–Trinajstić information content (AvgIpc) is 2.83. The lowest BCUT2D eigenvalue weighted by Gasteiger charge is -2.34. The summed E-state index contributed by atoms with van der Waals surface area (Å²) in [5, 5.41) is 0. The van der Waals surface area contributed by atoms with Crippen molar-refractivity contribution >= 4 is 17.6 Å². The predicted molar refractivity (Wildman–Crippen MR) is 128 cm³/mol. The molecule has 1 amide bonds. The Morgan fingerprint density at radius 3 is 2.15 bits per heavy atom. The highest BCUT2D eigenvalue weighted by Gasteiger charge is 2.29. The maximum Gasteiger partial charge on any atom is 0.410 e. The summed E-state index contributed by atoms with van der Waals surface area (Å²) in [6.45, 7) is 7.05. The summed E-state index contributed by atoms with van der Waals surface area (Å²) < 4.78 is 11.4. The van der Waals surface area contributed by atoms with Gasteiger partial charge in [0.2, 0.25) is 0 Å². The second-order valence-corrected chi connectivity index (χ2v) is 8.99. The van der Waals surface area contributed by atoms with Crippen LogP contribution >= 0.6 is 0 Å². The van der Waals surface area contributed by atoms with Crippen LogP contribution in [0.25, 0.3) is 0 Å². The molecule has 0 aliphatic carbocycles. The third-order valence-electron chi connectivity index (χ3n) is 5.24. The van der Waals surface area contributed by atoms with Gasteiger partial charge in [-0.1, -0.05) is 60.7 Å². The Balaban J connectivity index is 0.00000324. The fraction of sp³-hybridized carbons (Fsp3) is 0.296. The Hall–Kier alpha value is -3.22. The second-order valence-electron chi connectivity index (χ2n) is 8.99. The van der Waals surface area contributed by atoms with E-state index in [0.717, 1.165) is 28.2 Å². The first-order chi connectivity index (χ1) is 15.9. The first kappa shape index (κ1) is 25.4. The molecule has 1 unspecified atom stereocenters. The molecule has 0 bridgehead atoms. The standard InChI is InChI=1S/C27H29N3O3.ClH/c1-27(2,3)33-26(31)30-16-17-32-23(19-30)22-14-15-24(28-18-22)29-25(20-10-6-4-7-11-20)21-12-8-5-9-13-21;/h4-15,18,23H,16-17,19H2,1-3H3;1H. The van der Waals surface area contributed by atoms with Crippen molar-refractivity contribution in [3.05, 3.63) is 95.7 Å². The molecule has 2 aromatic carbocycles. The minimum Gasteiger partial charge on any atom is -1.00 e. The molecule has 7 heteroatoms. The third-order valence-corrected chi connectivity index (χ3v) is 5.24. The SMILES string of the molecule is CC(C)(C)OC(=O)N1CCOC(c2ccc(N=C(c3ccccc3)c3ccccc3)[nH+]c2)C1.[Cl-]. The topological polar surface area (TPSA) is 65.3 Å². The van der Waals surface area contributed by atoms with Gasteiger partial charge in [-0.2, -0.15) is 0 Å². The number of pyridine rings is 1. The van der Waals surface area contributed by atoms with Gasteiger partial charge in [-0.25, -0.2) is 9.78 Å². The number of amides is 1. The third kappa shape index (κ3) is 6.65. The molecule has 0 radical (unpaired) electrons. The van der Waals surface area contributed by atoms with E-state index < -0.39 is 5.60 Å². The van der Waals surface area contributed by atoms with Crippen molar-refractivity contribution < 1.29 is 31.7 Å². The number of hydrogen-bond donors (Lipinski definition) is 0. The zero-order valence-electron chi connectivity index (χ0n) is 19.7. The van der Waals surface area contributed by atoms with E-state index in [1.54, 1.807) is 4.90 Å². The molecule has 1 aromatic heterocycles. The number of aromatic amines is 1. The number of H-pyrrole nitrogens is 1. The van der Waals surface area contributed by atoms with Gasteiger partial charge in [-0.3, -0.25) is 0 Å². The smallest absolute Gasteiger partial charge is 0.410 e. The van der Waals surface area contributed by atoms with Crippen LogP contribution in [0.4, 0.5) is 10.6 Å². The van der Waals surface area contributed by atoms with Crippen LogP contribution < -0.4 is 17.4 Å². The highest BCUT2D eigenvalue weighted by Crippen LogP contribution is 2.24. The van der Waals surface area contributed by atoms with Gasteiger partial charge in [0, 0.05) is 29.3 Å². The normalized spacial score (nSPS) is 15.7. The van der Waals surface area contributed by atoms with Crippen LogP contribution in [0.3, 0.4) is 0 Å². The van der Waals surface area contributed by atoms with E-state index in [2.05, 4.69) is 29.2 Å². The van der Waals surface area contributed by atoms with Crippen LogP contribution in [-0.2, 0) is 9.47 Å². The number of carbonyl (C=O) groups is 1. The number of rotatable bonds is 4. The summed E-state index contributed by atoms with van der Waals surface area (Å²) in [7, 11) is 0. The second kappa shape index (κ2) is 11.3. The van der Waals surface area contributed by atoms with E-state index in [1.807, 2.05) is 75.5 Å². The van der Waals surface area contributed by atoms with Crippen molar-refractivity contribution in [2.75, 3.05) is 19.7 Å². The molecular formula is C27H30ClN3O3. The molecule has 6 nitrogen and oxygen atoms in total. The highest BCUT2D eigenvalue weighted by atomic mass is 35.5. The van der Waals surface area contributed by atoms with E-state index in [1.165, 1.54) is 0 Å². The summed E-state index contributed by atoms with van der Waals surface area (Å²) in [6.07, 6.45) is 1.37. The molecule has 0 spiro atoms. The molecule has 178 valence electrons. The minimum atomic E-state index is -0.520. The van der Waals surface area contributed by atoms with Gasteiger partial charge < -0.3 is 26.8 Å². The number of benzene rings is 2. The number of nitrogens with one attached hydrogen (secondary N) is 1. The molecule has 4 rings (SSSR count). The quantitative estimate of drug-likeness (QED) is 0.537. The Morgan fingerprint density at radius 1 is 1.00 bits per heavy atom. The van der Waals surface area contributed by atoms with Crippen LogP contribution in [0, 0.1) is 0 Å². The molecule has 1 aliphatic heterocycles. The number of morpholine rings is 1. The number of hydrogen-bond acceptors (Lipinski definition) is 4. The van der Waals surface area contributed by atoms with Crippen molar-refractivity contribution in [3.8, 4) is 0 Å². The van der Waals surface area contributed by atoms with Crippen molar-refractivity contribution in [1.82, 2.24) is 4.90 Å². The Kier molecular flexibility index (Phi) is 8.42. The fourth-order valence-corrected chi connectivity index (χ4v) is 3.65. The van der Waals surface area contributed by atoms with E-state index in [0.29, 0.717) is 19.7 Å². The lowest BCUT2D eigenvalue weighted by atomic mass is 10.0. The first-order valence-corrected chi connectivity index (χ1v) is 11.2. The number of aliphatic imine (C=N–C) groups is 1. The van der Waals surface area contributed by atoms with Gasteiger partial charge in [0.1, 0.15) is 11.7 Å². The van der Waals surface area contributed by atoms with E-state index in [4.69, 9.17) is 14.5 Å². The monoisotopic (exact) mass is 479 g/mol. The summed E-state index contributed by atoms with van der Waals surface area (Å²) in [6, 6.07) is 24.2. The highest BCUT2D eigenvalue weighted by molar-refractivity contribution is 6.13. The Morgan fingerprint density at radius 2 is 1.62 bits per heavy atom. The molecule has 1 N–H and O–H groups in total. The van der Waals surface area contributed by atoms with Crippen LogP contribution in [0.15, 0.2) is 84.0 Å². The molecule has 34 heavy (non-hydrogen) atoms. The summed E-state index contributed by atoms with van der Waals surface area (Å²) in [5.41, 5.74) is 3.43. The largest absolute Gasteiger partial charge is 1.00 e. The maximum absolute atomic E-state index is 12.5. The molecule has 0 saturated carbocycles. The van der Waals surface area contributed by atoms with E-state index in [-0.39, 0.29) is 24.6 Å². The van der Waals surface area contributed by atoms with Crippen molar-refractivity contribution in [2.24, 2.45) is 4.99 Å². The van der Waals surface area contributed by atoms with Gasteiger partial charge >= 0.3 is 11.9 Å². The molecule has 1 fully saturated rings. The number of halogens is 1. The number of carbonyl (C=O) groups excluding carboxylic acids is 1. The molecule has 3 aromatic rings. The number of nitrogens with zero attached hydrogens (tertiary/aromatic N) is 2. The molecule has 2 heterocycles. The van der Waals surface area contributed by atoms with Crippen molar-refractivity contribution in [2.45, 2.75) is 32.5 Å². The van der Waals surface area contributed by atoms with Gasteiger partial charge in [0.25, 0.3) is 0 Å². The molecule has 1 saturated heterocycles. The average molecular weight is 480 g/mol. The summed E-state index contributed by atoms with van der Waals surface area (Å²) >= 11 is 0. The van der Waals surface area contributed by atoms with E-state index >= 15 is 0 Å². The number of aromatic nitrogens is 1. The lowest BCUT2D eigenvalue weighted by molar-refractivity contribution is -0.364. The maximum atomic E-state index is 12.5. The summed E-state index contributed by atoms with van der Waals surface area (Å²) in [5.74, 6) is 0.737. The van der Waals surface area contributed by atoms with Crippen LogP contribution in [-0.4, -0.2) is 42.0 Å². The van der Waals surface area contributed by atoms with Gasteiger partial charge in [0.15, 0.2) is 5.71 Å². The van der Waals surface area contributed by atoms with Gasteiger partial charge in [-0.15, -0.1) is 0 Å². The van der Waals surface area contributed by atoms with Crippen LogP contribution in [0.5, 0.6) is 0 Å². The number of ether oxygens (including phenoxy) is 2. The Bertz CT molecular complexity index is 1060. The Labute approximate surface area is 207 Å². The van der Waals surface area contributed by atoms with Gasteiger partial charge in [0.05, 0.1) is 19.3 Å². The first-order valence-electron chi connectivity index (χ1n) is 11.2.